The molecule has 150 valence electrons. The fourth-order valence-corrected chi connectivity index (χ4v) is 3.10. The highest BCUT2D eigenvalue weighted by atomic mass is 35.5. The van der Waals surface area contributed by atoms with E-state index in [0.29, 0.717) is 10.0 Å². The first-order valence-corrected chi connectivity index (χ1v) is 9.46. The summed E-state index contributed by atoms with van der Waals surface area (Å²) in [5, 5.41) is 3.67. The minimum atomic E-state index is -0.855. The summed E-state index contributed by atoms with van der Waals surface area (Å²) in [6.45, 7) is 5.25. The molecule has 0 fully saturated rings. The van der Waals surface area contributed by atoms with E-state index in [4.69, 9.17) is 32.7 Å². The van der Waals surface area contributed by atoms with E-state index in [0.717, 1.165) is 16.7 Å². The average Bonchev–Trinajstić information content (AvgIpc) is 2.58. The van der Waals surface area contributed by atoms with Gasteiger partial charge in [0.2, 0.25) is 0 Å². The SMILES string of the molecule is COC(=O)C(Cc1ccc(-c2cc(Cl)cc(Cl)c2)cc1)NC(=O)OC(C)(C)C. The van der Waals surface area contributed by atoms with E-state index >= 15 is 0 Å². The fraction of sp³-hybridized carbons (Fsp3) is 0.333. The van der Waals surface area contributed by atoms with Crippen LogP contribution in [0.15, 0.2) is 42.5 Å². The van der Waals surface area contributed by atoms with Crippen molar-refractivity contribution in [3.8, 4) is 11.1 Å². The Hall–Kier alpha value is -2.24. The predicted octanol–water partition coefficient (Wildman–Crippen LogP) is 5.27. The Morgan fingerprint density at radius 2 is 1.57 bits per heavy atom. The number of nitrogens with one attached hydrogen (secondary N) is 1. The zero-order chi connectivity index (χ0) is 20.9. The van der Waals surface area contributed by atoms with E-state index in [9.17, 15) is 9.59 Å². The first kappa shape index (κ1) is 22.1. The molecule has 28 heavy (non-hydrogen) atoms. The smallest absolute Gasteiger partial charge is 0.408 e. The van der Waals surface area contributed by atoms with Crippen LogP contribution >= 0.6 is 23.2 Å². The highest BCUT2D eigenvalue weighted by Crippen LogP contribution is 2.27. The molecule has 0 saturated heterocycles. The molecule has 1 amide bonds. The van der Waals surface area contributed by atoms with Crippen LogP contribution in [-0.4, -0.2) is 30.8 Å². The number of rotatable bonds is 5. The topological polar surface area (TPSA) is 64.6 Å². The lowest BCUT2D eigenvalue weighted by Gasteiger charge is -2.22. The van der Waals surface area contributed by atoms with Crippen molar-refractivity contribution in [1.82, 2.24) is 5.32 Å². The Morgan fingerprint density at radius 3 is 2.07 bits per heavy atom. The second-order valence-electron chi connectivity index (χ2n) is 7.28. The maximum Gasteiger partial charge on any atom is 0.408 e. The van der Waals surface area contributed by atoms with Crippen molar-refractivity contribution in [2.45, 2.75) is 38.8 Å². The van der Waals surface area contributed by atoms with Crippen molar-refractivity contribution < 1.29 is 19.1 Å². The number of carbonyl (C=O) groups excluding carboxylic acids is 2. The molecule has 5 nitrogen and oxygen atoms in total. The summed E-state index contributed by atoms with van der Waals surface area (Å²) >= 11 is 12.1. The van der Waals surface area contributed by atoms with Crippen LogP contribution in [0, 0.1) is 0 Å². The molecule has 2 aromatic carbocycles. The third-order valence-electron chi connectivity index (χ3n) is 3.77. The lowest BCUT2D eigenvalue weighted by Crippen LogP contribution is -2.45. The number of ether oxygens (including phenoxy) is 2. The Balaban J connectivity index is 2.14. The molecule has 0 aliphatic heterocycles. The van der Waals surface area contributed by atoms with E-state index in [1.807, 2.05) is 36.4 Å². The monoisotopic (exact) mass is 423 g/mol. The molecule has 1 N–H and O–H groups in total. The molecule has 1 unspecified atom stereocenters. The number of hydrogen-bond acceptors (Lipinski definition) is 4. The van der Waals surface area contributed by atoms with E-state index in [1.165, 1.54) is 7.11 Å². The van der Waals surface area contributed by atoms with Gasteiger partial charge in [-0.3, -0.25) is 0 Å². The van der Waals surface area contributed by atoms with Crippen LogP contribution in [0.3, 0.4) is 0 Å². The molecular formula is C21H23Cl2NO4. The molecule has 0 heterocycles. The minimum absolute atomic E-state index is 0.266. The molecule has 0 radical (unpaired) electrons. The molecule has 0 aromatic heterocycles. The number of halogens is 2. The van der Waals surface area contributed by atoms with Gasteiger partial charge >= 0.3 is 12.1 Å². The van der Waals surface area contributed by atoms with E-state index < -0.39 is 23.7 Å². The molecular weight excluding hydrogens is 401 g/mol. The maximum atomic E-state index is 12.1. The van der Waals surface area contributed by atoms with E-state index in [2.05, 4.69) is 5.32 Å². The highest BCUT2D eigenvalue weighted by Gasteiger charge is 2.25. The van der Waals surface area contributed by atoms with Gasteiger partial charge in [-0.05, 0) is 55.7 Å². The Morgan fingerprint density at radius 1 is 1.00 bits per heavy atom. The molecule has 1 atom stereocenters. The first-order chi connectivity index (χ1) is 13.1. The van der Waals surface area contributed by atoms with Crippen LogP contribution in [0.4, 0.5) is 4.79 Å². The number of alkyl carbamates (subject to hydrolysis) is 1. The number of carbonyl (C=O) groups is 2. The van der Waals surface area contributed by atoms with E-state index in [-0.39, 0.29) is 6.42 Å². The van der Waals surface area contributed by atoms with Gasteiger partial charge in [-0.15, -0.1) is 0 Å². The fourth-order valence-electron chi connectivity index (χ4n) is 2.57. The summed E-state index contributed by atoms with van der Waals surface area (Å²) in [5.41, 5.74) is 2.01. The number of hydrogen-bond donors (Lipinski definition) is 1. The average molecular weight is 424 g/mol. The predicted molar refractivity (Wildman–Crippen MR) is 111 cm³/mol. The van der Waals surface area contributed by atoms with Crippen LogP contribution in [0.5, 0.6) is 0 Å². The summed E-state index contributed by atoms with van der Waals surface area (Å²) in [4.78, 5) is 24.1. The molecule has 0 aliphatic rings. The largest absolute Gasteiger partial charge is 0.467 e. The van der Waals surface area contributed by atoms with Crippen molar-refractivity contribution in [3.05, 3.63) is 58.1 Å². The van der Waals surface area contributed by atoms with Gasteiger partial charge in [-0.1, -0.05) is 47.5 Å². The number of esters is 1. The zero-order valence-electron chi connectivity index (χ0n) is 16.2. The van der Waals surface area contributed by atoms with Gasteiger partial charge in [-0.25, -0.2) is 9.59 Å². The lowest BCUT2D eigenvalue weighted by atomic mass is 10.0. The van der Waals surface area contributed by atoms with Gasteiger partial charge in [-0.2, -0.15) is 0 Å². The molecule has 0 spiro atoms. The first-order valence-electron chi connectivity index (χ1n) is 8.70. The molecule has 2 aromatic rings. The van der Waals surface area contributed by atoms with Crippen molar-refractivity contribution in [2.75, 3.05) is 7.11 Å². The molecule has 0 aliphatic carbocycles. The Labute approximate surface area is 174 Å². The molecule has 7 heteroatoms. The third kappa shape index (κ3) is 6.73. The summed E-state index contributed by atoms with van der Waals surface area (Å²) in [6, 6.07) is 12.0. The van der Waals surface area contributed by atoms with Gasteiger partial charge in [0.1, 0.15) is 11.6 Å². The van der Waals surface area contributed by atoms with Gasteiger partial charge < -0.3 is 14.8 Å². The van der Waals surface area contributed by atoms with Crippen LogP contribution in [0.1, 0.15) is 26.3 Å². The van der Waals surface area contributed by atoms with Crippen LogP contribution in [0.2, 0.25) is 10.0 Å². The maximum absolute atomic E-state index is 12.1. The van der Waals surface area contributed by atoms with E-state index in [1.54, 1.807) is 26.8 Å². The van der Waals surface area contributed by atoms with Gasteiger partial charge in [0.05, 0.1) is 7.11 Å². The van der Waals surface area contributed by atoms with Crippen molar-refractivity contribution in [2.24, 2.45) is 0 Å². The standard InChI is InChI=1S/C21H23Cl2NO4/c1-21(2,3)28-20(26)24-18(19(25)27-4)9-13-5-7-14(8-6-13)15-10-16(22)12-17(23)11-15/h5-8,10-12,18H,9H2,1-4H3,(H,24,26). The zero-order valence-corrected chi connectivity index (χ0v) is 17.7. The number of methoxy groups -OCH3 is 1. The summed E-state index contributed by atoms with van der Waals surface area (Å²) in [7, 11) is 1.28. The van der Waals surface area contributed by atoms with Gasteiger partial charge in [0.15, 0.2) is 0 Å². The third-order valence-corrected chi connectivity index (χ3v) is 4.20. The Bertz CT molecular complexity index is 824. The second-order valence-corrected chi connectivity index (χ2v) is 8.15. The second kappa shape index (κ2) is 9.30. The summed E-state index contributed by atoms with van der Waals surface area (Å²) in [5.74, 6) is -0.545. The molecule has 0 bridgehead atoms. The highest BCUT2D eigenvalue weighted by molar-refractivity contribution is 6.35. The van der Waals surface area contributed by atoms with Gasteiger partial charge in [0, 0.05) is 16.5 Å². The number of amides is 1. The van der Waals surface area contributed by atoms with Crippen molar-refractivity contribution in [1.29, 1.82) is 0 Å². The van der Waals surface area contributed by atoms with Crippen molar-refractivity contribution >= 4 is 35.3 Å². The molecule has 2 rings (SSSR count). The van der Waals surface area contributed by atoms with Crippen LogP contribution in [0.25, 0.3) is 11.1 Å². The minimum Gasteiger partial charge on any atom is -0.467 e. The van der Waals surface area contributed by atoms with Crippen LogP contribution < -0.4 is 5.32 Å². The Kier molecular flexibility index (Phi) is 7.33. The van der Waals surface area contributed by atoms with Crippen molar-refractivity contribution in [3.63, 3.8) is 0 Å². The lowest BCUT2D eigenvalue weighted by molar-refractivity contribution is -0.143. The van der Waals surface area contributed by atoms with Gasteiger partial charge in [0.25, 0.3) is 0 Å². The van der Waals surface area contributed by atoms with Crippen LogP contribution in [-0.2, 0) is 20.7 Å². The molecule has 0 saturated carbocycles. The quantitative estimate of drug-likeness (QED) is 0.665. The summed E-state index contributed by atoms with van der Waals surface area (Å²) in [6.07, 6.45) is -0.407. The normalized spacial score (nSPS) is 12.2. The summed E-state index contributed by atoms with van der Waals surface area (Å²) < 4.78 is 10.0. The number of benzene rings is 2.